The van der Waals surface area contributed by atoms with E-state index in [-0.39, 0.29) is 0 Å². The van der Waals surface area contributed by atoms with Gasteiger partial charge in [0.15, 0.2) is 0 Å². The lowest BCUT2D eigenvalue weighted by atomic mass is 9.96. The zero-order valence-corrected chi connectivity index (χ0v) is 33.9. The van der Waals surface area contributed by atoms with Crippen molar-refractivity contribution in [1.29, 1.82) is 0 Å². The van der Waals surface area contributed by atoms with Crippen molar-refractivity contribution in [3.05, 3.63) is 224 Å². The zero-order chi connectivity index (χ0) is 40.3. The molecule has 0 amide bonds. The Morgan fingerprint density at radius 2 is 0.885 bits per heavy atom. The largest absolute Gasteiger partial charge is 0.455 e. The predicted octanol–water partition coefficient (Wildman–Crippen LogP) is 17.2. The number of anilines is 3. The van der Waals surface area contributed by atoms with Crippen molar-refractivity contribution in [3.63, 3.8) is 0 Å². The summed E-state index contributed by atoms with van der Waals surface area (Å²) in [5.41, 5.74) is 14.3. The van der Waals surface area contributed by atoms with E-state index in [0.29, 0.717) is 0 Å². The van der Waals surface area contributed by atoms with E-state index in [9.17, 15) is 0 Å². The first-order valence-corrected chi connectivity index (χ1v) is 21.6. The first kappa shape index (κ1) is 35.2. The Kier molecular flexibility index (Phi) is 8.39. The molecule has 0 fully saturated rings. The van der Waals surface area contributed by atoms with Crippen LogP contribution < -0.4 is 4.90 Å². The van der Waals surface area contributed by atoms with Gasteiger partial charge >= 0.3 is 0 Å². The third-order valence-electron chi connectivity index (χ3n) is 12.1. The van der Waals surface area contributed by atoms with E-state index in [1.807, 2.05) is 17.4 Å². The van der Waals surface area contributed by atoms with Crippen LogP contribution in [0, 0.1) is 0 Å². The van der Waals surface area contributed by atoms with Gasteiger partial charge in [-0.2, -0.15) is 0 Å². The lowest BCUT2D eigenvalue weighted by Crippen LogP contribution is -2.11. The number of fused-ring (bicyclic) bond motifs is 7. The molecule has 2 aromatic heterocycles. The minimum absolute atomic E-state index is 0.889. The summed E-state index contributed by atoms with van der Waals surface area (Å²) in [5.74, 6) is 0. The molecule has 286 valence electrons. The molecule has 0 aliphatic rings. The molecule has 0 unspecified atom stereocenters. The van der Waals surface area contributed by atoms with Crippen LogP contribution in [0.3, 0.4) is 0 Å². The number of nitrogens with zero attached hydrogens (tertiary/aromatic N) is 1. The van der Waals surface area contributed by atoms with E-state index >= 15 is 0 Å². The summed E-state index contributed by atoms with van der Waals surface area (Å²) >= 11 is 1.87. The minimum Gasteiger partial charge on any atom is -0.455 e. The van der Waals surface area contributed by atoms with Gasteiger partial charge in [0.05, 0.1) is 5.69 Å². The van der Waals surface area contributed by atoms with Crippen molar-refractivity contribution in [2.24, 2.45) is 0 Å². The maximum absolute atomic E-state index is 6.65. The van der Waals surface area contributed by atoms with Crippen molar-refractivity contribution in [2.45, 2.75) is 0 Å². The Morgan fingerprint density at radius 1 is 0.344 bits per heavy atom. The molecule has 12 rings (SSSR count). The summed E-state index contributed by atoms with van der Waals surface area (Å²) in [7, 11) is 0. The number of hydrogen-bond donors (Lipinski definition) is 0. The molecular formula is C58H37NOS. The second-order valence-electron chi connectivity index (χ2n) is 15.6. The quantitative estimate of drug-likeness (QED) is 0.160. The van der Waals surface area contributed by atoms with Gasteiger partial charge in [-0.05, 0) is 92.7 Å². The normalized spacial score (nSPS) is 11.6. The number of benzene rings is 10. The van der Waals surface area contributed by atoms with E-state index in [2.05, 4.69) is 223 Å². The van der Waals surface area contributed by atoms with Crippen molar-refractivity contribution < 1.29 is 4.42 Å². The molecule has 0 spiro atoms. The number of thiophene rings is 1. The maximum atomic E-state index is 6.65. The summed E-state index contributed by atoms with van der Waals surface area (Å²) in [6.07, 6.45) is 0. The van der Waals surface area contributed by atoms with Gasteiger partial charge in [0.1, 0.15) is 11.2 Å². The molecule has 0 N–H and O–H groups in total. The van der Waals surface area contributed by atoms with Crippen LogP contribution in [-0.2, 0) is 0 Å². The van der Waals surface area contributed by atoms with E-state index < -0.39 is 0 Å². The Labute approximate surface area is 357 Å². The summed E-state index contributed by atoms with van der Waals surface area (Å²) in [6.45, 7) is 0. The molecule has 0 aliphatic heterocycles. The monoisotopic (exact) mass is 795 g/mol. The molecule has 61 heavy (non-hydrogen) atoms. The van der Waals surface area contributed by atoms with Gasteiger partial charge in [-0.15, -0.1) is 11.3 Å². The molecule has 0 radical (unpaired) electrons. The highest BCUT2D eigenvalue weighted by Gasteiger charge is 2.21. The van der Waals surface area contributed by atoms with Gasteiger partial charge in [-0.1, -0.05) is 176 Å². The first-order valence-electron chi connectivity index (χ1n) is 20.7. The Balaban J connectivity index is 1.04. The Morgan fingerprint density at radius 3 is 1.75 bits per heavy atom. The van der Waals surface area contributed by atoms with E-state index in [1.54, 1.807) is 0 Å². The van der Waals surface area contributed by atoms with Gasteiger partial charge in [-0.3, -0.25) is 0 Å². The number of furan rings is 1. The number of hydrogen-bond acceptors (Lipinski definition) is 3. The fraction of sp³-hybridized carbons (Fsp3) is 0. The topological polar surface area (TPSA) is 16.4 Å². The molecule has 12 aromatic rings. The van der Waals surface area contributed by atoms with Crippen molar-refractivity contribution in [2.75, 3.05) is 4.90 Å². The van der Waals surface area contributed by atoms with Gasteiger partial charge < -0.3 is 9.32 Å². The number of rotatable bonds is 7. The second-order valence-corrected chi connectivity index (χ2v) is 16.7. The van der Waals surface area contributed by atoms with E-state index in [4.69, 9.17) is 4.42 Å². The lowest BCUT2D eigenvalue weighted by molar-refractivity contribution is 0.670. The predicted molar refractivity (Wildman–Crippen MR) is 261 cm³/mol. The van der Waals surface area contributed by atoms with E-state index in [1.165, 1.54) is 53.2 Å². The second kappa shape index (κ2) is 14.5. The minimum atomic E-state index is 0.889. The van der Waals surface area contributed by atoms with Crippen molar-refractivity contribution in [3.8, 4) is 44.5 Å². The molecule has 3 heteroatoms. The highest BCUT2D eigenvalue weighted by atomic mass is 32.1. The highest BCUT2D eigenvalue weighted by molar-refractivity contribution is 7.26. The average molecular weight is 796 g/mol. The highest BCUT2D eigenvalue weighted by Crippen LogP contribution is 2.46. The molecule has 2 heterocycles. The van der Waals surface area contributed by atoms with Crippen LogP contribution in [0.15, 0.2) is 229 Å². The van der Waals surface area contributed by atoms with Crippen LogP contribution in [0.2, 0.25) is 0 Å². The summed E-state index contributed by atoms with van der Waals surface area (Å²) in [4.78, 5) is 2.41. The van der Waals surface area contributed by atoms with Crippen LogP contribution in [0.25, 0.3) is 97.4 Å². The van der Waals surface area contributed by atoms with Crippen LogP contribution in [-0.4, -0.2) is 0 Å². The average Bonchev–Trinajstić information content (AvgIpc) is 3.91. The summed E-state index contributed by atoms with van der Waals surface area (Å²) < 4.78 is 9.29. The van der Waals surface area contributed by atoms with Crippen LogP contribution in [0.4, 0.5) is 17.1 Å². The van der Waals surface area contributed by atoms with Crippen LogP contribution in [0.1, 0.15) is 0 Å². The fourth-order valence-electron chi connectivity index (χ4n) is 9.24. The lowest BCUT2D eigenvalue weighted by Gasteiger charge is -2.29. The first-order chi connectivity index (χ1) is 30.2. The standard InChI is InChI=1S/C58H37NOS/c1-2-23-45-38(15-1)16-12-27-46(45)42-20-11-22-44(37-42)59(54-32-6-3-24-48(54)51-29-14-30-52-49-25-4-7-33-55(49)60-57(51)52)43-21-10-18-40(36-43)39-17-9-19-41(35-39)47-28-13-31-53-50-26-5-8-34-56(50)61-58(47)53/h1-37H. The molecule has 0 saturated heterocycles. The Bertz CT molecular complexity index is 3620. The molecule has 0 saturated carbocycles. The number of para-hydroxylation sites is 3. The summed E-state index contributed by atoms with van der Waals surface area (Å²) in [6, 6.07) is 81.2. The van der Waals surface area contributed by atoms with Gasteiger partial charge in [0.2, 0.25) is 0 Å². The van der Waals surface area contributed by atoms with Crippen molar-refractivity contribution in [1.82, 2.24) is 0 Å². The molecular weight excluding hydrogens is 759 g/mol. The Hall–Kier alpha value is -7.72. The smallest absolute Gasteiger partial charge is 0.143 e. The van der Waals surface area contributed by atoms with Gasteiger partial charge in [-0.25, -0.2) is 0 Å². The molecule has 2 nitrogen and oxygen atoms in total. The third-order valence-corrected chi connectivity index (χ3v) is 13.3. The van der Waals surface area contributed by atoms with Crippen LogP contribution in [0.5, 0.6) is 0 Å². The molecule has 10 aromatic carbocycles. The van der Waals surface area contributed by atoms with Crippen molar-refractivity contribution >= 4 is 81.3 Å². The van der Waals surface area contributed by atoms with Gasteiger partial charge in [0, 0.05) is 53.4 Å². The van der Waals surface area contributed by atoms with E-state index in [0.717, 1.165) is 61.3 Å². The molecule has 0 aliphatic carbocycles. The SMILES string of the molecule is c1cc(-c2cccc(N(c3cccc(-c4cccc5ccccc45)c3)c3ccccc3-c3cccc4c3oc3ccccc34)c2)cc(-c2cccc3c2sc2ccccc23)c1. The zero-order valence-electron chi connectivity index (χ0n) is 33.1. The van der Waals surface area contributed by atoms with Gasteiger partial charge in [0.25, 0.3) is 0 Å². The fourth-order valence-corrected chi connectivity index (χ4v) is 10.5. The molecule has 0 bridgehead atoms. The third kappa shape index (κ3) is 6.01. The maximum Gasteiger partial charge on any atom is 0.143 e. The summed E-state index contributed by atoms with van der Waals surface area (Å²) in [5, 5.41) is 7.32. The van der Waals surface area contributed by atoms with Crippen LogP contribution >= 0.6 is 11.3 Å². The molecule has 0 atom stereocenters.